The van der Waals surface area contributed by atoms with E-state index in [0.29, 0.717) is 25.2 Å². The molecule has 92 valence electrons. The van der Waals surface area contributed by atoms with E-state index in [2.05, 4.69) is 4.98 Å². The number of amides is 1. The number of Topliss-reactive ketones (excluding diaryl/α,β-unsaturated/α-hetero) is 1. The van der Waals surface area contributed by atoms with Crippen LogP contribution < -0.4 is 0 Å². The van der Waals surface area contributed by atoms with Gasteiger partial charge in [0.2, 0.25) is 0 Å². The number of carbonyl (C=O) groups excluding carboxylic acids is 2. The van der Waals surface area contributed by atoms with Crippen molar-refractivity contribution >= 4 is 23.0 Å². The average molecular weight is 252 g/mol. The molecular formula is C12H16N2O2S. The van der Waals surface area contributed by atoms with Crippen LogP contribution in [-0.4, -0.2) is 34.7 Å². The minimum Gasteiger partial charge on any atom is -0.336 e. The smallest absolute Gasteiger partial charge is 0.273 e. The van der Waals surface area contributed by atoms with Crippen LogP contribution in [0.4, 0.5) is 0 Å². The Bertz CT molecular complexity index is 441. The van der Waals surface area contributed by atoms with Gasteiger partial charge in [-0.25, -0.2) is 4.98 Å². The van der Waals surface area contributed by atoms with Gasteiger partial charge in [0.15, 0.2) is 0 Å². The molecule has 0 aliphatic carbocycles. The number of likely N-dealkylation sites (tertiary alicyclic amines) is 1. The van der Waals surface area contributed by atoms with E-state index in [-0.39, 0.29) is 17.6 Å². The van der Waals surface area contributed by atoms with E-state index < -0.39 is 0 Å². The zero-order valence-corrected chi connectivity index (χ0v) is 10.9. The number of rotatable bonds is 2. The number of nitrogens with zero attached hydrogens (tertiary/aromatic N) is 2. The van der Waals surface area contributed by atoms with Crippen LogP contribution in [0.1, 0.15) is 35.3 Å². The van der Waals surface area contributed by atoms with E-state index in [1.807, 2.05) is 13.8 Å². The summed E-state index contributed by atoms with van der Waals surface area (Å²) in [5.41, 5.74) is 0.511. The summed E-state index contributed by atoms with van der Waals surface area (Å²) in [4.78, 5) is 29.7. The summed E-state index contributed by atoms with van der Waals surface area (Å²) in [6, 6.07) is 0. The standard InChI is InChI=1S/C12H16N2O2S/c1-3-9-6-14(5-4-11(9)15)12(16)10-7-17-8(2)13-10/h7,9H,3-6H2,1-2H3. The Labute approximate surface area is 105 Å². The topological polar surface area (TPSA) is 50.3 Å². The fourth-order valence-electron chi connectivity index (χ4n) is 2.07. The maximum Gasteiger partial charge on any atom is 0.273 e. The lowest BCUT2D eigenvalue weighted by molar-refractivity contribution is -0.125. The van der Waals surface area contributed by atoms with E-state index in [1.54, 1.807) is 10.3 Å². The predicted molar refractivity (Wildman–Crippen MR) is 66.2 cm³/mol. The number of aryl methyl sites for hydroxylation is 1. The first kappa shape index (κ1) is 12.2. The highest BCUT2D eigenvalue weighted by molar-refractivity contribution is 7.09. The Kier molecular flexibility index (Phi) is 3.57. The molecule has 0 bridgehead atoms. The minimum atomic E-state index is -0.0414. The fourth-order valence-corrected chi connectivity index (χ4v) is 2.66. The van der Waals surface area contributed by atoms with Crippen molar-refractivity contribution in [3.63, 3.8) is 0 Å². The first-order valence-electron chi connectivity index (χ1n) is 5.86. The SMILES string of the molecule is CCC1CN(C(=O)c2csc(C)n2)CCC1=O. The number of aromatic nitrogens is 1. The van der Waals surface area contributed by atoms with Gasteiger partial charge in [0.1, 0.15) is 11.5 Å². The van der Waals surface area contributed by atoms with Crippen LogP contribution in [0.2, 0.25) is 0 Å². The number of hydrogen-bond acceptors (Lipinski definition) is 4. The molecule has 1 unspecified atom stereocenters. The van der Waals surface area contributed by atoms with Gasteiger partial charge in [0.05, 0.1) is 5.01 Å². The van der Waals surface area contributed by atoms with Crippen molar-refractivity contribution in [2.75, 3.05) is 13.1 Å². The molecule has 1 aromatic heterocycles. The molecule has 1 atom stereocenters. The monoisotopic (exact) mass is 252 g/mol. The van der Waals surface area contributed by atoms with Crippen LogP contribution in [-0.2, 0) is 4.79 Å². The number of carbonyl (C=O) groups is 2. The van der Waals surface area contributed by atoms with Crippen LogP contribution >= 0.6 is 11.3 Å². The average Bonchev–Trinajstić information content (AvgIpc) is 2.75. The molecule has 0 aromatic carbocycles. The molecule has 0 saturated carbocycles. The third kappa shape index (κ3) is 2.54. The summed E-state index contributed by atoms with van der Waals surface area (Å²) in [5.74, 6) is 0.249. The molecule has 17 heavy (non-hydrogen) atoms. The molecule has 2 rings (SSSR count). The van der Waals surface area contributed by atoms with Crippen molar-refractivity contribution in [3.05, 3.63) is 16.1 Å². The molecule has 1 fully saturated rings. The molecule has 1 aromatic rings. The van der Waals surface area contributed by atoms with Crippen molar-refractivity contribution < 1.29 is 9.59 Å². The molecule has 4 nitrogen and oxygen atoms in total. The van der Waals surface area contributed by atoms with Gasteiger partial charge < -0.3 is 4.90 Å². The molecule has 1 aliphatic heterocycles. The van der Waals surface area contributed by atoms with Crippen molar-refractivity contribution in [1.82, 2.24) is 9.88 Å². The first-order chi connectivity index (χ1) is 8.11. The molecule has 0 radical (unpaired) electrons. The summed E-state index contributed by atoms with van der Waals surface area (Å²) >= 11 is 1.48. The van der Waals surface area contributed by atoms with Crippen LogP contribution in [0.25, 0.3) is 0 Å². The number of thiazole rings is 1. The Morgan fingerprint density at radius 2 is 2.41 bits per heavy atom. The normalized spacial score (nSPS) is 20.7. The lowest BCUT2D eigenvalue weighted by Gasteiger charge is -2.30. The van der Waals surface area contributed by atoms with Crippen LogP contribution in [0.5, 0.6) is 0 Å². The highest BCUT2D eigenvalue weighted by Gasteiger charge is 2.29. The highest BCUT2D eigenvalue weighted by atomic mass is 32.1. The fraction of sp³-hybridized carbons (Fsp3) is 0.583. The van der Waals surface area contributed by atoms with E-state index in [0.717, 1.165) is 11.4 Å². The lowest BCUT2D eigenvalue weighted by atomic mass is 9.94. The zero-order chi connectivity index (χ0) is 12.4. The number of ketones is 1. The Morgan fingerprint density at radius 1 is 1.65 bits per heavy atom. The summed E-state index contributed by atoms with van der Waals surface area (Å²) in [6.45, 7) is 4.95. The Morgan fingerprint density at radius 3 is 3.00 bits per heavy atom. The van der Waals surface area contributed by atoms with Crippen LogP contribution in [0.15, 0.2) is 5.38 Å². The number of hydrogen-bond donors (Lipinski definition) is 0. The van der Waals surface area contributed by atoms with Crippen LogP contribution in [0, 0.1) is 12.8 Å². The van der Waals surface area contributed by atoms with Crippen molar-refractivity contribution in [3.8, 4) is 0 Å². The summed E-state index contributed by atoms with van der Waals surface area (Å²) in [5, 5.41) is 2.68. The molecule has 5 heteroatoms. The van der Waals surface area contributed by atoms with Gasteiger partial charge in [-0.3, -0.25) is 9.59 Å². The van der Waals surface area contributed by atoms with E-state index >= 15 is 0 Å². The second-order valence-electron chi connectivity index (χ2n) is 4.32. The van der Waals surface area contributed by atoms with E-state index in [9.17, 15) is 9.59 Å². The third-order valence-electron chi connectivity index (χ3n) is 3.14. The zero-order valence-electron chi connectivity index (χ0n) is 10.1. The van der Waals surface area contributed by atoms with Gasteiger partial charge in [-0.1, -0.05) is 6.92 Å². The van der Waals surface area contributed by atoms with Crippen molar-refractivity contribution in [2.24, 2.45) is 5.92 Å². The van der Waals surface area contributed by atoms with E-state index in [4.69, 9.17) is 0 Å². The molecule has 0 N–H and O–H groups in total. The number of piperidine rings is 1. The molecule has 0 spiro atoms. The summed E-state index contributed by atoms with van der Waals surface area (Å²) < 4.78 is 0. The quantitative estimate of drug-likeness (QED) is 0.807. The summed E-state index contributed by atoms with van der Waals surface area (Å²) in [7, 11) is 0. The van der Waals surface area contributed by atoms with E-state index in [1.165, 1.54) is 11.3 Å². The van der Waals surface area contributed by atoms with Gasteiger partial charge in [-0.05, 0) is 13.3 Å². The maximum atomic E-state index is 12.1. The first-order valence-corrected chi connectivity index (χ1v) is 6.74. The molecule has 1 saturated heterocycles. The molecule has 1 amide bonds. The predicted octanol–water partition coefficient (Wildman–Crippen LogP) is 1.89. The highest BCUT2D eigenvalue weighted by Crippen LogP contribution is 2.19. The Balaban J connectivity index is 2.08. The third-order valence-corrected chi connectivity index (χ3v) is 3.92. The largest absolute Gasteiger partial charge is 0.336 e. The van der Waals surface area contributed by atoms with Gasteiger partial charge in [-0.15, -0.1) is 11.3 Å². The van der Waals surface area contributed by atoms with Crippen LogP contribution in [0.3, 0.4) is 0 Å². The van der Waals surface area contributed by atoms with Gasteiger partial charge in [-0.2, -0.15) is 0 Å². The van der Waals surface area contributed by atoms with Gasteiger partial charge >= 0.3 is 0 Å². The second-order valence-corrected chi connectivity index (χ2v) is 5.39. The minimum absolute atomic E-state index is 0.00688. The summed E-state index contributed by atoms with van der Waals surface area (Å²) in [6.07, 6.45) is 1.28. The molecule has 1 aliphatic rings. The molecular weight excluding hydrogens is 236 g/mol. The van der Waals surface area contributed by atoms with Crippen molar-refractivity contribution in [2.45, 2.75) is 26.7 Å². The Hall–Kier alpha value is -1.23. The van der Waals surface area contributed by atoms with Crippen molar-refractivity contribution in [1.29, 1.82) is 0 Å². The van der Waals surface area contributed by atoms with Gasteiger partial charge in [0, 0.05) is 30.8 Å². The lowest BCUT2D eigenvalue weighted by Crippen LogP contribution is -2.44. The van der Waals surface area contributed by atoms with Gasteiger partial charge in [0.25, 0.3) is 5.91 Å². The second kappa shape index (κ2) is 4.96. The molecule has 2 heterocycles. The maximum absolute atomic E-state index is 12.1.